The Morgan fingerprint density at radius 1 is 1.45 bits per heavy atom. The number of aryl methyl sites for hydroxylation is 1. The monoisotopic (exact) mass is 328 g/mol. The first kappa shape index (κ1) is 17.0. The third-order valence-electron chi connectivity index (χ3n) is 3.96. The summed E-state index contributed by atoms with van der Waals surface area (Å²) in [5.74, 6) is -0.184. The van der Waals surface area contributed by atoms with Crippen molar-refractivity contribution in [2.24, 2.45) is 5.92 Å². The van der Waals surface area contributed by atoms with Gasteiger partial charge in [0.1, 0.15) is 0 Å². The summed E-state index contributed by atoms with van der Waals surface area (Å²) in [4.78, 5) is 16.1. The summed E-state index contributed by atoms with van der Waals surface area (Å²) in [5.41, 5.74) is 0. The van der Waals surface area contributed by atoms with Crippen LogP contribution in [-0.2, 0) is 21.4 Å². The molecule has 0 spiro atoms. The molecule has 0 aliphatic carbocycles. The van der Waals surface area contributed by atoms with Gasteiger partial charge in [0.15, 0.2) is 0 Å². The summed E-state index contributed by atoms with van der Waals surface area (Å²) in [7, 11) is -3.20. The smallest absolute Gasteiger partial charge is 0.224 e. The van der Waals surface area contributed by atoms with E-state index in [1.807, 2.05) is 10.8 Å². The van der Waals surface area contributed by atoms with Crippen molar-refractivity contribution in [3.8, 4) is 0 Å². The average molecular weight is 328 g/mol. The molecule has 0 saturated carbocycles. The van der Waals surface area contributed by atoms with Crippen LogP contribution in [-0.4, -0.2) is 53.6 Å². The van der Waals surface area contributed by atoms with Gasteiger partial charge in [-0.15, -0.1) is 0 Å². The average Bonchev–Trinajstić information content (AvgIpc) is 3.05. The zero-order valence-corrected chi connectivity index (χ0v) is 13.8. The van der Waals surface area contributed by atoms with Gasteiger partial charge in [0, 0.05) is 38.6 Å². The number of sulfonamides is 1. The largest absolute Gasteiger partial charge is 0.356 e. The number of nitrogens with one attached hydrogen (secondary N) is 1. The van der Waals surface area contributed by atoms with Crippen LogP contribution in [0.1, 0.15) is 26.2 Å². The van der Waals surface area contributed by atoms with Crippen LogP contribution >= 0.6 is 0 Å². The fourth-order valence-electron chi connectivity index (χ4n) is 2.63. The van der Waals surface area contributed by atoms with Gasteiger partial charge in [-0.1, -0.05) is 0 Å². The molecular weight excluding hydrogens is 304 g/mol. The van der Waals surface area contributed by atoms with Crippen molar-refractivity contribution in [2.75, 3.05) is 25.4 Å². The molecule has 0 unspecified atom stereocenters. The number of carbonyl (C=O) groups is 1. The number of nitrogens with zero attached hydrogens (tertiary/aromatic N) is 3. The summed E-state index contributed by atoms with van der Waals surface area (Å²) in [6.07, 6.45) is 7.68. The first-order chi connectivity index (χ1) is 10.5. The van der Waals surface area contributed by atoms with Gasteiger partial charge in [-0.05, 0) is 26.2 Å². The molecule has 1 amide bonds. The lowest BCUT2D eigenvalue weighted by atomic mass is 9.99. The van der Waals surface area contributed by atoms with Crippen molar-refractivity contribution >= 4 is 15.9 Å². The second kappa shape index (κ2) is 7.73. The molecule has 1 fully saturated rings. The van der Waals surface area contributed by atoms with E-state index in [1.165, 1.54) is 4.31 Å². The van der Waals surface area contributed by atoms with Gasteiger partial charge in [0.05, 0.1) is 18.0 Å². The van der Waals surface area contributed by atoms with Crippen molar-refractivity contribution in [1.29, 1.82) is 0 Å². The molecular formula is C14H24N4O3S. The molecule has 22 heavy (non-hydrogen) atoms. The lowest BCUT2D eigenvalue weighted by molar-refractivity contribution is -0.126. The fraction of sp³-hybridized carbons (Fsp3) is 0.714. The lowest BCUT2D eigenvalue weighted by Gasteiger charge is -2.30. The van der Waals surface area contributed by atoms with Crippen molar-refractivity contribution in [3.63, 3.8) is 0 Å². The first-order valence-electron chi connectivity index (χ1n) is 7.74. The summed E-state index contributed by atoms with van der Waals surface area (Å²) in [6.45, 7) is 3.87. The van der Waals surface area contributed by atoms with Crippen LogP contribution in [0.2, 0.25) is 0 Å². The Hall–Kier alpha value is -1.41. The Labute approximate surface area is 131 Å². The highest BCUT2D eigenvalue weighted by Gasteiger charge is 2.31. The Morgan fingerprint density at radius 2 is 2.27 bits per heavy atom. The molecule has 2 heterocycles. The van der Waals surface area contributed by atoms with Crippen molar-refractivity contribution in [3.05, 3.63) is 18.7 Å². The molecule has 2 rings (SSSR count). The molecule has 1 saturated heterocycles. The second-order valence-electron chi connectivity index (χ2n) is 5.54. The van der Waals surface area contributed by atoms with Gasteiger partial charge in [-0.25, -0.2) is 17.7 Å². The van der Waals surface area contributed by atoms with Crippen LogP contribution in [0.5, 0.6) is 0 Å². The van der Waals surface area contributed by atoms with E-state index in [4.69, 9.17) is 0 Å². The quantitative estimate of drug-likeness (QED) is 0.737. The molecule has 124 valence electrons. The predicted octanol–water partition coefficient (Wildman–Crippen LogP) is 0.451. The normalized spacial score (nSPS) is 20.0. The molecule has 1 atom stereocenters. The van der Waals surface area contributed by atoms with Gasteiger partial charge in [-0.2, -0.15) is 0 Å². The Morgan fingerprint density at radius 3 is 2.95 bits per heavy atom. The molecule has 1 aromatic heterocycles. The van der Waals surface area contributed by atoms with E-state index >= 15 is 0 Å². The first-order valence-corrected chi connectivity index (χ1v) is 9.35. The fourth-order valence-corrected chi connectivity index (χ4v) is 3.81. The van der Waals surface area contributed by atoms with Crippen LogP contribution in [0.25, 0.3) is 0 Å². The van der Waals surface area contributed by atoms with Gasteiger partial charge in [0.25, 0.3) is 0 Å². The van der Waals surface area contributed by atoms with Crippen molar-refractivity contribution in [1.82, 2.24) is 19.2 Å². The summed E-state index contributed by atoms with van der Waals surface area (Å²) in [5, 5.41) is 2.91. The van der Waals surface area contributed by atoms with E-state index < -0.39 is 10.0 Å². The number of amides is 1. The van der Waals surface area contributed by atoms with Crippen LogP contribution in [0.3, 0.4) is 0 Å². The molecule has 1 aliphatic rings. The minimum Gasteiger partial charge on any atom is -0.356 e. The molecule has 0 bridgehead atoms. The maximum Gasteiger partial charge on any atom is 0.224 e. The number of aromatic nitrogens is 2. The molecule has 0 aromatic carbocycles. The topological polar surface area (TPSA) is 84.3 Å². The minimum atomic E-state index is -3.20. The van der Waals surface area contributed by atoms with E-state index in [0.29, 0.717) is 19.6 Å². The van der Waals surface area contributed by atoms with E-state index in [-0.39, 0.29) is 17.6 Å². The number of hydrogen-bond acceptors (Lipinski definition) is 4. The SMILES string of the molecule is CCS(=O)(=O)N1CCC[C@H](C(=O)NCCCn2ccnc2)C1. The second-order valence-corrected chi connectivity index (χ2v) is 7.80. The van der Waals surface area contributed by atoms with Crippen LogP contribution < -0.4 is 5.32 Å². The number of imidazole rings is 1. The summed E-state index contributed by atoms with van der Waals surface area (Å²) in [6, 6.07) is 0. The van der Waals surface area contributed by atoms with Gasteiger partial charge < -0.3 is 9.88 Å². The molecule has 8 heteroatoms. The zero-order chi connectivity index (χ0) is 16.0. The maximum absolute atomic E-state index is 12.2. The Bertz CT molecular complexity index is 571. The van der Waals surface area contributed by atoms with Crippen LogP contribution in [0.15, 0.2) is 18.7 Å². The highest BCUT2D eigenvalue weighted by molar-refractivity contribution is 7.89. The third-order valence-corrected chi connectivity index (χ3v) is 5.81. The summed E-state index contributed by atoms with van der Waals surface area (Å²) >= 11 is 0. The molecule has 1 aromatic rings. The van der Waals surface area contributed by atoms with Gasteiger partial charge in [-0.3, -0.25) is 4.79 Å². The standard InChI is InChI=1S/C14H24N4O3S/c1-2-22(20,21)18-9-3-5-13(11-18)14(19)16-6-4-8-17-10-7-15-12-17/h7,10,12-13H,2-6,8-9,11H2,1H3,(H,16,19)/t13-/m0/s1. The Kier molecular flexibility index (Phi) is 5.96. The molecule has 1 N–H and O–H groups in total. The predicted molar refractivity (Wildman–Crippen MR) is 83.6 cm³/mol. The number of carbonyl (C=O) groups excluding carboxylic acids is 1. The maximum atomic E-state index is 12.2. The number of piperidine rings is 1. The van der Waals surface area contributed by atoms with E-state index in [0.717, 1.165) is 25.8 Å². The lowest BCUT2D eigenvalue weighted by Crippen LogP contribution is -2.46. The van der Waals surface area contributed by atoms with E-state index in [1.54, 1.807) is 19.4 Å². The van der Waals surface area contributed by atoms with Gasteiger partial charge >= 0.3 is 0 Å². The van der Waals surface area contributed by atoms with E-state index in [9.17, 15) is 13.2 Å². The third kappa shape index (κ3) is 4.54. The zero-order valence-electron chi connectivity index (χ0n) is 12.9. The highest BCUT2D eigenvalue weighted by atomic mass is 32.2. The number of rotatable bonds is 7. The van der Waals surface area contributed by atoms with E-state index in [2.05, 4.69) is 10.3 Å². The van der Waals surface area contributed by atoms with Crippen molar-refractivity contribution in [2.45, 2.75) is 32.7 Å². The highest BCUT2D eigenvalue weighted by Crippen LogP contribution is 2.19. The molecule has 1 aliphatic heterocycles. The minimum absolute atomic E-state index is 0.0402. The summed E-state index contributed by atoms with van der Waals surface area (Å²) < 4.78 is 27.2. The van der Waals surface area contributed by atoms with Crippen LogP contribution in [0, 0.1) is 5.92 Å². The van der Waals surface area contributed by atoms with Crippen LogP contribution in [0.4, 0.5) is 0 Å². The number of hydrogen-bond donors (Lipinski definition) is 1. The van der Waals surface area contributed by atoms with Gasteiger partial charge in [0.2, 0.25) is 15.9 Å². The Balaban J connectivity index is 1.74. The molecule has 0 radical (unpaired) electrons. The molecule has 7 nitrogen and oxygen atoms in total. The van der Waals surface area contributed by atoms with Crippen molar-refractivity contribution < 1.29 is 13.2 Å².